The molecule has 0 saturated heterocycles. The standard InChI is InChI=1S/C16H30O4/c1-10-12-16(9,20-19-15(6,7)8)13(11-2)17-18-14(3,4)5/h13H,11H2,1-9H3. The molecule has 0 heterocycles. The quantitative estimate of drug-likeness (QED) is 0.419. The molecule has 0 bridgehead atoms. The SMILES string of the molecule is CC#CC(C)(OOC(C)(C)C)C(CC)OOC(C)(C)C. The molecule has 0 rings (SSSR count). The van der Waals surface area contributed by atoms with Crippen LogP contribution in [0.3, 0.4) is 0 Å². The lowest BCUT2D eigenvalue weighted by atomic mass is 9.98. The first-order valence-electron chi connectivity index (χ1n) is 7.09. The number of rotatable bonds is 6. The minimum Gasteiger partial charge on any atom is -0.231 e. The second-order valence-corrected chi connectivity index (χ2v) is 6.95. The zero-order chi connectivity index (χ0) is 16.0. The predicted octanol–water partition coefficient (Wildman–Crippen LogP) is 4.04. The van der Waals surface area contributed by atoms with Crippen LogP contribution in [0, 0.1) is 11.8 Å². The number of hydrogen-bond acceptors (Lipinski definition) is 4. The summed E-state index contributed by atoms with van der Waals surface area (Å²) in [5.74, 6) is 5.88. The third-order valence-electron chi connectivity index (χ3n) is 2.24. The van der Waals surface area contributed by atoms with Crippen molar-refractivity contribution in [1.82, 2.24) is 0 Å². The maximum Gasteiger partial charge on any atom is 0.189 e. The van der Waals surface area contributed by atoms with Gasteiger partial charge in [0.05, 0.1) is 11.2 Å². The molecule has 0 saturated carbocycles. The second-order valence-electron chi connectivity index (χ2n) is 6.95. The minimum atomic E-state index is -0.887. The molecular weight excluding hydrogens is 256 g/mol. The van der Waals surface area contributed by atoms with Crippen molar-refractivity contribution < 1.29 is 19.6 Å². The molecule has 0 amide bonds. The Hall–Kier alpha value is -0.600. The fourth-order valence-corrected chi connectivity index (χ4v) is 1.37. The van der Waals surface area contributed by atoms with E-state index in [-0.39, 0.29) is 6.10 Å². The van der Waals surface area contributed by atoms with Crippen LogP contribution in [0.25, 0.3) is 0 Å². The average Bonchev–Trinajstić information content (AvgIpc) is 2.25. The molecule has 0 fully saturated rings. The Bertz CT molecular complexity index is 340. The van der Waals surface area contributed by atoms with Crippen LogP contribution in [0.2, 0.25) is 0 Å². The van der Waals surface area contributed by atoms with Crippen LogP contribution in [0.1, 0.15) is 68.7 Å². The molecule has 20 heavy (non-hydrogen) atoms. The summed E-state index contributed by atoms with van der Waals surface area (Å²) in [5.41, 5.74) is -1.69. The van der Waals surface area contributed by atoms with Crippen LogP contribution < -0.4 is 0 Å². The maximum atomic E-state index is 5.57. The summed E-state index contributed by atoms with van der Waals surface area (Å²) >= 11 is 0. The van der Waals surface area contributed by atoms with E-state index in [1.807, 2.05) is 55.4 Å². The van der Waals surface area contributed by atoms with Crippen molar-refractivity contribution in [3.63, 3.8) is 0 Å². The van der Waals surface area contributed by atoms with Gasteiger partial charge in [-0.1, -0.05) is 12.8 Å². The van der Waals surface area contributed by atoms with Gasteiger partial charge in [-0.15, -0.1) is 5.92 Å². The van der Waals surface area contributed by atoms with Gasteiger partial charge in [-0.3, -0.25) is 0 Å². The van der Waals surface area contributed by atoms with E-state index >= 15 is 0 Å². The van der Waals surface area contributed by atoms with Crippen molar-refractivity contribution in [2.24, 2.45) is 0 Å². The molecule has 0 aromatic rings. The van der Waals surface area contributed by atoms with Crippen LogP contribution in [-0.4, -0.2) is 22.9 Å². The molecular formula is C16H30O4. The molecule has 0 aromatic carbocycles. The highest BCUT2D eigenvalue weighted by molar-refractivity contribution is 5.14. The molecule has 0 aliphatic carbocycles. The van der Waals surface area contributed by atoms with Crippen molar-refractivity contribution in [2.45, 2.75) is 91.6 Å². The Kier molecular flexibility index (Phi) is 7.20. The zero-order valence-corrected chi connectivity index (χ0v) is 14.4. The zero-order valence-electron chi connectivity index (χ0n) is 14.4. The second kappa shape index (κ2) is 7.42. The van der Waals surface area contributed by atoms with Gasteiger partial charge >= 0.3 is 0 Å². The summed E-state index contributed by atoms with van der Waals surface area (Å²) in [7, 11) is 0. The summed E-state index contributed by atoms with van der Waals surface area (Å²) < 4.78 is 0. The van der Waals surface area contributed by atoms with E-state index in [4.69, 9.17) is 19.6 Å². The first-order chi connectivity index (χ1) is 8.93. The summed E-state index contributed by atoms with van der Waals surface area (Å²) in [6, 6.07) is 0. The fraction of sp³-hybridized carbons (Fsp3) is 0.875. The molecule has 118 valence electrons. The first kappa shape index (κ1) is 19.4. The van der Waals surface area contributed by atoms with Gasteiger partial charge in [-0.05, 0) is 61.8 Å². The first-order valence-corrected chi connectivity index (χ1v) is 7.09. The number of hydrogen-bond donors (Lipinski definition) is 0. The Morgan fingerprint density at radius 1 is 0.850 bits per heavy atom. The molecule has 0 spiro atoms. The van der Waals surface area contributed by atoms with Gasteiger partial charge in [-0.2, -0.15) is 0 Å². The molecule has 4 heteroatoms. The fourth-order valence-electron chi connectivity index (χ4n) is 1.37. The minimum absolute atomic E-state index is 0.350. The topological polar surface area (TPSA) is 36.9 Å². The van der Waals surface area contributed by atoms with Gasteiger partial charge in [0.15, 0.2) is 5.60 Å². The summed E-state index contributed by atoms with van der Waals surface area (Å²) in [5, 5.41) is 0. The van der Waals surface area contributed by atoms with Gasteiger partial charge < -0.3 is 0 Å². The van der Waals surface area contributed by atoms with E-state index in [0.29, 0.717) is 6.42 Å². The van der Waals surface area contributed by atoms with Gasteiger partial charge in [-0.25, -0.2) is 19.6 Å². The van der Waals surface area contributed by atoms with E-state index in [2.05, 4.69) is 11.8 Å². The Balaban J connectivity index is 4.93. The van der Waals surface area contributed by atoms with Crippen molar-refractivity contribution >= 4 is 0 Å². The van der Waals surface area contributed by atoms with Crippen LogP contribution in [0.4, 0.5) is 0 Å². The predicted molar refractivity (Wildman–Crippen MR) is 79.8 cm³/mol. The third kappa shape index (κ3) is 7.86. The average molecular weight is 286 g/mol. The van der Waals surface area contributed by atoms with E-state index in [1.165, 1.54) is 0 Å². The Labute approximate surface area is 124 Å². The van der Waals surface area contributed by atoms with E-state index in [9.17, 15) is 0 Å². The van der Waals surface area contributed by atoms with Crippen molar-refractivity contribution in [1.29, 1.82) is 0 Å². The van der Waals surface area contributed by atoms with Crippen molar-refractivity contribution in [3.05, 3.63) is 0 Å². The molecule has 0 aliphatic heterocycles. The molecule has 0 radical (unpaired) electrons. The molecule has 2 unspecified atom stereocenters. The monoisotopic (exact) mass is 286 g/mol. The van der Waals surface area contributed by atoms with Crippen LogP contribution in [-0.2, 0) is 19.6 Å². The largest absolute Gasteiger partial charge is 0.231 e. The Morgan fingerprint density at radius 2 is 1.35 bits per heavy atom. The van der Waals surface area contributed by atoms with E-state index in [0.717, 1.165) is 0 Å². The molecule has 0 aliphatic rings. The van der Waals surface area contributed by atoms with Crippen molar-refractivity contribution in [3.8, 4) is 11.8 Å². The summed E-state index contributed by atoms with van der Waals surface area (Å²) in [6.45, 7) is 17.1. The lowest BCUT2D eigenvalue weighted by Gasteiger charge is -2.34. The third-order valence-corrected chi connectivity index (χ3v) is 2.24. The van der Waals surface area contributed by atoms with Gasteiger partial charge in [0, 0.05) is 0 Å². The van der Waals surface area contributed by atoms with E-state index < -0.39 is 16.8 Å². The van der Waals surface area contributed by atoms with Crippen LogP contribution >= 0.6 is 0 Å². The normalized spacial score (nSPS) is 17.1. The maximum absolute atomic E-state index is 5.57. The molecule has 4 nitrogen and oxygen atoms in total. The summed E-state index contributed by atoms with van der Waals surface area (Å²) in [4.78, 5) is 21.9. The highest BCUT2D eigenvalue weighted by atomic mass is 17.2. The van der Waals surface area contributed by atoms with Gasteiger partial charge in [0.25, 0.3) is 0 Å². The highest BCUT2D eigenvalue weighted by Crippen LogP contribution is 2.25. The smallest absolute Gasteiger partial charge is 0.189 e. The lowest BCUT2D eigenvalue weighted by molar-refractivity contribution is -0.443. The summed E-state index contributed by atoms with van der Waals surface area (Å²) in [6.07, 6.45) is 0.339. The van der Waals surface area contributed by atoms with Crippen molar-refractivity contribution in [2.75, 3.05) is 0 Å². The van der Waals surface area contributed by atoms with Gasteiger partial charge in [0.2, 0.25) is 0 Å². The molecule has 2 atom stereocenters. The molecule has 0 N–H and O–H groups in total. The Morgan fingerprint density at radius 3 is 1.70 bits per heavy atom. The lowest BCUT2D eigenvalue weighted by Crippen LogP contribution is -2.45. The molecule has 0 aromatic heterocycles. The van der Waals surface area contributed by atoms with E-state index in [1.54, 1.807) is 6.92 Å². The van der Waals surface area contributed by atoms with Crippen LogP contribution in [0.15, 0.2) is 0 Å². The van der Waals surface area contributed by atoms with Gasteiger partial charge in [0.1, 0.15) is 6.10 Å². The van der Waals surface area contributed by atoms with Crippen LogP contribution in [0.5, 0.6) is 0 Å². The highest BCUT2D eigenvalue weighted by Gasteiger charge is 2.38.